The highest BCUT2D eigenvalue weighted by Crippen LogP contribution is 2.69. The molecule has 42 heavy (non-hydrogen) atoms. The maximum atomic E-state index is 14.1. The van der Waals surface area contributed by atoms with Gasteiger partial charge < -0.3 is 10.2 Å². The van der Waals surface area contributed by atoms with Gasteiger partial charge in [-0.25, -0.2) is 8.42 Å². The van der Waals surface area contributed by atoms with E-state index in [1.54, 1.807) is 24.3 Å². The minimum Gasteiger partial charge on any atom is -0.393 e. The number of aliphatic hydroxyl groups excluding tert-OH is 1. The van der Waals surface area contributed by atoms with Gasteiger partial charge in [-0.05, 0) is 129 Å². The molecule has 0 radical (unpaired) electrons. The van der Waals surface area contributed by atoms with Crippen LogP contribution in [0.3, 0.4) is 0 Å². The molecular formula is C34H51F3O4S. The van der Waals surface area contributed by atoms with Crippen LogP contribution in [0, 0.1) is 52.3 Å². The zero-order chi connectivity index (χ0) is 30.9. The quantitative estimate of drug-likeness (QED) is 0.329. The molecule has 0 saturated heterocycles. The Morgan fingerprint density at radius 1 is 0.905 bits per heavy atom. The monoisotopic (exact) mass is 612 g/mol. The van der Waals surface area contributed by atoms with Crippen LogP contribution in [-0.4, -0.2) is 41.8 Å². The summed E-state index contributed by atoms with van der Waals surface area (Å²) >= 11 is 0. The van der Waals surface area contributed by atoms with Crippen LogP contribution in [0.1, 0.15) is 98.8 Å². The topological polar surface area (TPSA) is 74.6 Å². The zero-order valence-corrected chi connectivity index (χ0v) is 26.7. The third-order valence-electron chi connectivity index (χ3n) is 13.3. The van der Waals surface area contributed by atoms with Gasteiger partial charge in [0.25, 0.3) is 0 Å². The van der Waals surface area contributed by atoms with Crippen LogP contribution in [0.25, 0.3) is 0 Å². The molecule has 0 bridgehead atoms. The van der Waals surface area contributed by atoms with Gasteiger partial charge in [0, 0.05) is 0 Å². The first-order valence-corrected chi connectivity index (χ1v) is 17.8. The van der Waals surface area contributed by atoms with E-state index in [0.717, 1.165) is 32.1 Å². The Morgan fingerprint density at radius 3 is 2.17 bits per heavy atom. The van der Waals surface area contributed by atoms with Crippen LogP contribution >= 0.6 is 0 Å². The van der Waals surface area contributed by atoms with E-state index in [2.05, 4.69) is 20.8 Å². The van der Waals surface area contributed by atoms with Crippen LogP contribution in [0.2, 0.25) is 0 Å². The molecule has 4 fully saturated rings. The zero-order valence-electron chi connectivity index (χ0n) is 25.9. The summed E-state index contributed by atoms with van der Waals surface area (Å²) in [6, 6.07) is 8.63. The van der Waals surface area contributed by atoms with Crippen molar-refractivity contribution in [2.24, 2.45) is 52.3 Å². The maximum Gasteiger partial charge on any atom is 0.417 e. The molecule has 4 aliphatic rings. The first-order chi connectivity index (χ1) is 19.5. The van der Waals surface area contributed by atoms with Crippen molar-refractivity contribution < 1.29 is 31.8 Å². The Hall–Kier alpha value is -1.12. The summed E-state index contributed by atoms with van der Waals surface area (Å²) in [4.78, 5) is 0.309. The van der Waals surface area contributed by atoms with Crippen molar-refractivity contribution in [2.45, 2.75) is 127 Å². The number of halogens is 3. The second-order valence-corrected chi connectivity index (χ2v) is 17.6. The highest BCUT2D eigenvalue weighted by atomic mass is 32.2. The number of alkyl halides is 3. The maximum absolute atomic E-state index is 14.1. The SMILES string of the molecule is CC(C)[C@@H](O)CC([C@H](C)[C@@H]1CC[C@H]2[C@@H]3CC[C@H]4C[C@](O)(C(F)(F)F)CC[C@]4(C)[C@H]3CC[C@@]21C)S(=O)(=O)c1ccccc1. The number of sulfone groups is 1. The minimum atomic E-state index is -4.59. The van der Waals surface area contributed by atoms with Gasteiger partial charge in [0.05, 0.1) is 16.2 Å². The number of benzene rings is 1. The summed E-state index contributed by atoms with van der Waals surface area (Å²) in [5.74, 6) is 1.06. The average Bonchev–Trinajstić information content (AvgIpc) is 3.28. The molecule has 0 aromatic heterocycles. The largest absolute Gasteiger partial charge is 0.417 e. The Balaban J connectivity index is 1.40. The molecule has 5 rings (SSSR count). The van der Waals surface area contributed by atoms with Gasteiger partial charge in [-0.2, -0.15) is 13.2 Å². The molecule has 0 heterocycles. The fraction of sp³-hybridized carbons (Fsp3) is 0.824. The molecule has 1 aromatic carbocycles. The van der Waals surface area contributed by atoms with Crippen LogP contribution < -0.4 is 0 Å². The number of hydrogen-bond donors (Lipinski definition) is 2. The van der Waals surface area contributed by atoms with E-state index in [1.807, 2.05) is 19.9 Å². The first-order valence-electron chi connectivity index (χ1n) is 16.2. The van der Waals surface area contributed by atoms with Crippen molar-refractivity contribution in [3.05, 3.63) is 30.3 Å². The molecule has 2 N–H and O–H groups in total. The van der Waals surface area contributed by atoms with Gasteiger partial charge in [-0.1, -0.05) is 52.8 Å². The van der Waals surface area contributed by atoms with Crippen molar-refractivity contribution in [3.63, 3.8) is 0 Å². The molecule has 0 aliphatic heterocycles. The van der Waals surface area contributed by atoms with Gasteiger partial charge in [0.2, 0.25) is 0 Å². The van der Waals surface area contributed by atoms with Gasteiger partial charge in [0.1, 0.15) is 0 Å². The van der Waals surface area contributed by atoms with Crippen molar-refractivity contribution in [2.75, 3.05) is 0 Å². The highest BCUT2D eigenvalue weighted by Gasteiger charge is 2.65. The summed E-state index contributed by atoms with van der Waals surface area (Å²) in [5, 5.41) is 20.8. The van der Waals surface area contributed by atoms with Crippen LogP contribution in [0.4, 0.5) is 13.2 Å². The smallest absolute Gasteiger partial charge is 0.393 e. The van der Waals surface area contributed by atoms with Gasteiger partial charge in [-0.3, -0.25) is 0 Å². The number of rotatable bonds is 7. The van der Waals surface area contributed by atoms with Crippen LogP contribution in [-0.2, 0) is 9.84 Å². The predicted octanol–water partition coefficient (Wildman–Crippen LogP) is 7.82. The number of fused-ring (bicyclic) bond motifs is 5. The molecular weight excluding hydrogens is 561 g/mol. The molecule has 0 spiro atoms. The minimum absolute atomic E-state index is 0.0433. The standard InChI is InChI=1S/C34H51F3O4S/c1-21(2)29(38)19-30(42(40,41)24-9-7-6-8-10-24)22(3)26-13-14-27-25-12-11-23-20-33(39,34(35,36)37)18-17-31(23,4)28(25)15-16-32(26,27)5/h6-10,21-23,25-30,38-39H,11-20H2,1-5H3/t22-,23+,25+,26+,27+,28+,29+,30?,31+,32-,33+/m1/s1. The normalized spacial score (nSPS) is 41.0. The van der Waals surface area contributed by atoms with Gasteiger partial charge in [-0.15, -0.1) is 0 Å². The molecule has 0 amide bonds. The number of hydrogen-bond acceptors (Lipinski definition) is 4. The Kier molecular flexibility index (Phi) is 8.49. The Morgan fingerprint density at radius 2 is 1.55 bits per heavy atom. The first kappa shape index (κ1) is 32.3. The van der Waals surface area contributed by atoms with E-state index in [1.165, 1.54) is 0 Å². The fourth-order valence-electron chi connectivity index (χ4n) is 10.6. The lowest BCUT2D eigenvalue weighted by Crippen LogP contribution is -2.59. The predicted molar refractivity (Wildman–Crippen MR) is 158 cm³/mol. The van der Waals surface area contributed by atoms with Crippen LogP contribution in [0.5, 0.6) is 0 Å². The lowest BCUT2D eigenvalue weighted by molar-refractivity contribution is -0.290. The van der Waals surface area contributed by atoms with E-state index in [0.29, 0.717) is 35.5 Å². The van der Waals surface area contributed by atoms with Crippen molar-refractivity contribution >= 4 is 9.84 Å². The summed E-state index contributed by atoms with van der Waals surface area (Å²) in [6.45, 7) is 10.5. The fourth-order valence-corrected chi connectivity index (χ4v) is 12.7. The molecule has 238 valence electrons. The molecule has 11 atom stereocenters. The van der Waals surface area contributed by atoms with Crippen LogP contribution in [0.15, 0.2) is 35.2 Å². The van der Waals surface area contributed by atoms with Gasteiger partial charge >= 0.3 is 6.18 Å². The highest BCUT2D eigenvalue weighted by molar-refractivity contribution is 7.92. The number of aliphatic hydroxyl groups is 2. The van der Waals surface area contributed by atoms with E-state index >= 15 is 0 Å². The molecule has 4 nitrogen and oxygen atoms in total. The van der Waals surface area contributed by atoms with E-state index in [-0.39, 0.29) is 53.8 Å². The van der Waals surface area contributed by atoms with E-state index in [9.17, 15) is 31.8 Å². The summed E-state index contributed by atoms with van der Waals surface area (Å²) < 4.78 is 69.5. The molecule has 4 saturated carbocycles. The third kappa shape index (κ3) is 5.17. The summed E-state index contributed by atoms with van der Waals surface area (Å²) in [6.07, 6.45) is 0.367. The lowest BCUT2D eigenvalue weighted by atomic mass is 9.43. The molecule has 1 unspecified atom stereocenters. The Bertz CT molecular complexity index is 1220. The molecule has 1 aromatic rings. The van der Waals surface area contributed by atoms with E-state index in [4.69, 9.17) is 0 Å². The second-order valence-electron chi connectivity index (χ2n) is 15.4. The summed E-state index contributed by atoms with van der Waals surface area (Å²) in [7, 11) is -3.68. The Labute approximate surface area is 250 Å². The lowest BCUT2D eigenvalue weighted by Gasteiger charge is -2.62. The average molecular weight is 613 g/mol. The van der Waals surface area contributed by atoms with Crippen molar-refractivity contribution in [1.29, 1.82) is 0 Å². The third-order valence-corrected chi connectivity index (χ3v) is 15.6. The van der Waals surface area contributed by atoms with Crippen molar-refractivity contribution in [3.8, 4) is 0 Å². The summed E-state index contributed by atoms with van der Waals surface area (Å²) in [5.41, 5.74) is -2.81. The van der Waals surface area contributed by atoms with E-state index < -0.39 is 33.0 Å². The van der Waals surface area contributed by atoms with Crippen molar-refractivity contribution in [1.82, 2.24) is 0 Å². The second kappa shape index (κ2) is 11.0. The molecule has 8 heteroatoms. The van der Waals surface area contributed by atoms with Gasteiger partial charge in [0.15, 0.2) is 15.4 Å². The molecule has 4 aliphatic carbocycles.